The Labute approximate surface area is 141 Å². The Bertz CT molecular complexity index is 299. The van der Waals surface area contributed by atoms with Crippen LogP contribution in [0.25, 0.3) is 0 Å². The molecule has 0 amide bonds. The number of unbranched alkanes of at least 4 members (excludes halogenated alkanes) is 3. The maximum absolute atomic E-state index is 10.9. The maximum Gasteiger partial charge on any atom is 0.219 e. The van der Waals surface area contributed by atoms with E-state index in [0.717, 1.165) is 38.5 Å². The Hall–Kier alpha value is -0.200. The molecule has 1 saturated heterocycles. The molecule has 0 aromatic heterocycles. The molecule has 5 nitrogen and oxygen atoms in total. The summed E-state index contributed by atoms with van der Waals surface area (Å²) in [6.07, 6.45) is 5.16. The monoisotopic (exact) mass is 332 g/mol. The van der Waals surface area contributed by atoms with Gasteiger partial charge in [0.2, 0.25) is 5.79 Å². The minimum absolute atomic E-state index is 0.127. The van der Waals surface area contributed by atoms with Crippen molar-refractivity contribution in [3.8, 4) is 0 Å². The third-order valence-electron chi connectivity index (χ3n) is 4.15. The van der Waals surface area contributed by atoms with Gasteiger partial charge in [-0.25, -0.2) is 0 Å². The van der Waals surface area contributed by atoms with E-state index in [-0.39, 0.29) is 18.8 Å². The van der Waals surface area contributed by atoms with Crippen molar-refractivity contribution in [2.45, 2.75) is 90.3 Å². The van der Waals surface area contributed by atoms with Crippen molar-refractivity contribution in [3.63, 3.8) is 0 Å². The van der Waals surface area contributed by atoms with Gasteiger partial charge in [-0.15, -0.1) is 0 Å². The van der Waals surface area contributed by atoms with E-state index in [2.05, 4.69) is 20.8 Å². The van der Waals surface area contributed by atoms with E-state index in [4.69, 9.17) is 18.9 Å². The van der Waals surface area contributed by atoms with Crippen LogP contribution in [0.2, 0.25) is 0 Å². The number of rotatable bonds is 13. The molecule has 0 radical (unpaired) electrons. The fraction of sp³-hybridized carbons (Fsp3) is 1.00. The zero-order valence-corrected chi connectivity index (χ0v) is 15.4. The molecule has 0 aromatic rings. The quantitative estimate of drug-likeness (QED) is 0.525. The zero-order chi connectivity index (χ0) is 17.1. The Kier molecular flexibility index (Phi) is 10.3. The van der Waals surface area contributed by atoms with Crippen molar-refractivity contribution in [2.75, 3.05) is 26.4 Å². The average Bonchev–Trinajstić information content (AvgIpc) is 2.76. The molecule has 1 aliphatic rings. The molecule has 0 aliphatic carbocycles. The van der Waals surface area contributed by atoms with E-state index < -0.39 is 11.9 Å². The van der Waals surface area contributed by atoms with Crippen LogP contribution in [0.4, 0.5) is 0 Å². The van der Waals surface area contributed by atoms with E-state index in [1.165, 1.54) is 0 Å². The highest BCUT2D eigenvalue weighted by Gasteiger charge is 2.54. The van der Waals surface area contributed by atoms with Gasteiger partial charge < -0.3 is 24.1 Å². The van der Waals surface area contributed by atoms with E-state index in [9.17, 15) is 5.11 Å². The number of hydrogen-bond acceptors (Lipinski definition) is 5. The van der Waals surface area contributed by atoms with Crippen LogP contribution in [0.1, 0.15) is 66.2 Å². The first-order valence-electron chi connectivity index (χ1n) is 9.30. The van der Waals surface area contributed by atoms with Crippen molar-refractivity contribution in [1.82, 2.24) is 0 Å². The van der Waals surface area contributed by atoms with Crippen LogP contribution in [0.5, 0.6) is 0 Å². The number of aliphatic hydroxyl groups is 1. The van der Waals surface area contributed by atoms with Crippen LogP contribution in [-0.4, -0.2) is 55.6 Å². The smallest absolute Gasteiger partial charge is 0.219 e. The highest BCUT2D eigenvalue weighted by molar-refractivity contribution is 4.96. The van der Waals surface area contributed by atoms with Crippen molar-refractivity contribution < 1.29 is 24.1 Å². The Morgan fingerprint density at radius 1 is 0.913 bits per heavy atom. The molecule has 138 valence electrons. The minimum atomic E-state index is -1.42. The third-order valence-corrected chi connectivity index (χ3v) is 4.15. The number of ether oxygens (including phenoxy) is 4. The topological polar surface area (TPSA) is 57.2 Å². The Morgan fingerprint density at radius 2 is 1.48 bits per heavy atom. The molecule has 0 spiro atoms. The largest absolute Gasteiger partial charge is 0.376 e. The summed E-state index contributed by atoms with van der Waals surface area (Å²) in [5.41, 5.74) is 0. The fourth-order valence-electron chi connectivity index (χ4n) is 2.71. The summed E-state index contributed by atoms with van der Waals surface area (Å²) in [7, 11) is 0. The van der Waals surface area contributed by atoms with E-state index in [0.29, 0.717) is 19.8 Å². The molecule has 1 aliphatic heterocycles. The summed E-state index contributed by atoms with van der Waals surface area (Å²) in [5.74, 6) is -1.42. The lowest BCUT2D eigenvalue weighted by Crippen LogP contribution is -2.49. The molecular formula is C18H36O5. The third kappa shape index (κ3) is 6.67. The van der Waals surface area contributed by atoms with Gasteiger partial charge in [0, 0.05) is 19.8 Å². The van der Waals surface area contributed by atoms with E-state index in [1.807, 2.05) is 6.92 Å². The SMILES string of the molecule is CCCCOCC1(O)OC(C)C(OCCCC)C1OCCCC. The molecule has 0 saturated carbocycles. The molecule has 0 bridgehead atoms. The lowest BCUT2D eigenvalue weighted by molar-refractivity contribution is -0.260. The van der Waals surface area contributed by atoms with Crippen LogP contribution in [-0.2, 0) is 18.9 Å². The van der Waals surface area contributed by atoms with E-state index in [1.54, 1.807) is 0 Å². The predicted octanol–water partition coefficient (Wildman–Crippen LogP) is 3.28. The Morgan fingerprint density at radius 3 is 2.09 bits per heavy atom. The first kappa shape index (κ1) is 20.8. The normalized spacial score (nSPS) is 30.9. The number of hydrogen-bond donors (Lipinski definition) is 1. The van der Waals surface area contributed by atoms with Crippen molar-refractivity contribution in [1.29, 1.82) is 0 Å². The summed E-state index contributed by atoms with van der Waals surface area (Å²) in [4.78, 5) is 0. The molecule has 1 rings (SSSR count). The van der Waals surface area contributed by atoms with Gasteiger partial charge in [-0.1, -0.05) is 40.0 Å². The van der Waals surface area contributed by atoms with Crippen LogP contribution in [0.15, 0.2) is 0 Å². The van der Waals surface area contributed by atoms with Gasteiger partial charge in [0.05, 0.1) is 6.10 Å². The van der Waals surface area contributed by atoms with Crippen LogP contribution in [0, 0.1) is 0 Å². The van der Waals surface area contributed by atoms with E-state index >= 15 is 0 Å². The van der Waals surface area contributed by atoms with Gasteiger partial charge in [-0.3, -0.25) is 0 Å². The Balaban J connectivity index is 2.64. The molecule has 4 unspecified atom stereocenters. The first-order valence-corrected chi connectivity index (χ1v) is 9.30. The molecular weight excluding hydrogens is 296 g/mol. The van der Waals surface area contributed by atoms with Crippen LogP contribution < -0.4 is 0 Å². The highest BCUT2D eigenvalue weighted by Crippen LogP contribution is 2.34. The second-order valence-electron chi connectivity index (χ2n) is 6.41. The van der Waals surface area contributed by atoms with Crippen molar-refractivity contribution in [3.05, 3.63) is 0 Å². The van der Waals surface area contributed by atoms with Gasteiger partial charge in [-0.2, -0.15) is 0 Å². The lowest BCUT2D eigenvalue weighted by atomic mass is 10.1. The summed E-state index contributed by atoms with van der Waals surface area (Å²) >= 11 is 0. The molecule has 4 atom stereocenters. The molecule has 1 fully saturated rings. The van der Waals surface area contributed by atoms with Crippen molar-refractivity contribution >= 4 is 0 Å². The van der Waals surface area contributed by atoms with Gasteiger partial charge in [0.1, 0.15) is 18.8 Å². The first-order chi connectivity index (χ1) is 11.1. The average molecular weight is 332 g/mol. The van der Waals surface area contributed by atoms with Gasteiger partial charge in [-0.05, 0) is 26.2 Å². The standard InChI is InChI=1S/C18H36O5/c1-5-8-11-20-14-18(19)17(22-13-10-7-3)16(15(4)23-18)21-12-9-6-2/h15-17,19H,5-14H2,1-4H3. The molecule has 0 aromatic carbocycles. The van der Waals surface area contributed by atoms with Crippen molar-refractivity contribution in [2.24, 2.45) is 0 Å². The van der Waals surface area contributed by atoms with Gasteiger partial charge in [0.25, 0.3) is 0 Å². The highest BCUT2D eigenvalue weighted by atomic mass is 16.7. The fourth-order valence-corrected chi connectivity index (χ4v) is 2.71. The molecule has 23 heavy (non-hydrogen) atoms. The van der Waals surface area contributed by atoms with Gasteiger partial charge in [0.15, 0.2) is 0 Å². The summed E-state index contributed by atoms with van der Waals surface area (Å²) in [6, 6.07) is 0. The zero-order valence-electron chi connectivity index (χ0n) is 15.4. The molecule has 1 N–H and O–H groups in total. The summed E-state index contributed by atoms with van der Waals surface area (Å²) < 4.78 is 23.3. The van der Waals surface area contributed by atoms with Crippen LogP contribution in [0.3, 0.4) is 0 Å². The second kappa shape index (κ2) is 11.4. The van der Waals surface area contributed by atoms with Crippen LogP contribution >= 0.6 is 0 Å². The summed E-state index contributed by atoms with van der Waals surface area (Å²) in [6.45, 7) is 10.3. The minimum Gasteiger partial charge on any atom is -0.376 e. The predicted molar refractivity (Wildman–Crippen MR) is 90.5 cm³/mol. The summed E-state index contributed by atoms with van der Waals surface area (Å²) in [5, 5.41) is 10.9. The molecule has 1 heterocycles. The second-order valence-corrected chi connectivity index (χ2v) is 6.41. The lowest BCUT2D eigenvalue weighted by Gasteiger charge is -2.30. The maximum atomic E-state index is 10.9. The van der Waals surface area contributed by atoms with Gasteiger partial charge >= 0.3 is 0 Å². The molecule has 5 heteroatoms.